The van der Waals surface area contributed by atoms with E-state index in [1.807, 2.05) is 0 Å². The van der Waals surface area contributed by atoms with Gasteiger partial charge in [-0.05, 0) is 45.7 Å². The number of hydrogen-bond donors (Lipinski definition) is 1. The molecule has 1 aromatic heterocycles. The summed E-state index contributed by atoms with van der Waals surface area (Å²) < 4.78 is 8.13. The molecule has 1 heterocycles. The minimum atomic E-state index is 0.238. The third-order valence-corrected chi connectivity index (χ3v) is 3.78. The van der Waals surface area contributed by atoms with Crippen LogP contribution in [0, 0.1) is 12.8 Å². The molecule has 0 bridgehead atoms. The smallest absolute Gasteiger partial charge is 0.0754 e. The van der Waals surface area contributed by atoms with Crippen LogP contribution in [0.15, 0.2) is 6.07 Å². The van der Waals surface area contributed by atoms with Crippen LogP contribution in [-0.4, -0.2) is 35.1 Å². The molecule has 0 amide bonds. The third kappa shape index (κ3) is 5.44. The molecule has 0 radical (unpaired) electrons. The Balaban J connectivity index is 2.89. The molecule has 0 saturated carbocycles. The molecule has 2 unspecified atom stereocenters. The first-order valence-electron chi connectivity index (χ1n) is 8.41. The number of nitrogens with one attached hydrogen (secondary N) is 1. The average Bonchev–Trinajstić information content (AvgIpc) is 2.80. The van der Waals surface area contributed by atoms with Crippen LogP contribution in [0.3, 0.4) is 0 Å². The Hall–Kier alpha value is -0.870. The molecular formula is C17H33N3O. The molecule has 1 N–H and O–H groups in total. The second kappa shape index (κ2) is 9.21. The van der Waals surface area contributed by atoms with Crippen LogP contribution in [0.25, 0.3) is 0 Å². The molecule has 2 atom stereocenters. The van der Waals surface area contributed by atoms with E-state index in [0.717, 1.165) is 38.2 Å². The van der Waals surface area contributed by atoms with Gasteiger partial charge >= 0.3 is 0 Å². The quantitative estimate of drug-likeness (QED) is 0.720. The van der Waals surface area contributed by atoms with E-state index in [4.69, 9.17) is 4.74 Å². The molecule has 0 aliphatic rings. The molecule has 4 heteroatoms. The summed E-state index contributed by atoms with van der Waals surface area (Å²) in [7, 11) is 0. The van der Waals surface area contributed by atoms with Crippen molar-refractivity contribution >= 4 is 0 Å². The largest absolute Gasteiger partial charge is 0.377 e. The zero-order valence-electron chi connectivity index (χ0n) is 14.6. The van der Waals surface area contributed by atoms with Crippen molar-refractivity contribution in [2.24, 2.45) is 5.92 Å². The second-order valence-electron chi connectivity index (χ2n) is 6.02. The Bertz CT molecular complexity index is 401. The Morgan fingerprint density at radius 3 is 2.52 bits per heavy atom. The van der Waals surface area contributed by atoms with E-state index in [1.165, 1.54) is 5.69 Å². The fraction of sp³-hybridized carbons (Fsp3) is 0.824. The minimum absolute atomic E-state index is 0.238. The van der Waals surface area contributed by atoms with Crippen LogP contribution >= 0.6 is 0 Å². The van der Waals surface area contributed by atoms with Crippen LogP contribution in [0.5, 0.6) is 0 Å². The van der Waals surface area contributed by atoms with Crippen LogP contribution in [0.4, 0.5) is 0 Å². The number of aryl methyl sites for hydroxylation is 2. The van der Waals surface area contributed by atoms with E-state index in [-0.39, 0.29) is 6.10 Å². The molecule has 0 aliphatic heterocycles. The Kier molecular flexibility index (Phi) is 7.97. The summed E-state index contributed by atoms with van der Waals surface area (Å²) in [5, 5.41) is 8.24. The maximum atomic E-state index is 6.02. The van der Waals surface area contributed by atoms with Crippen molar-refractivity contribution in [3.8, 4) is 0 Å². The predicted molar refractivity (Wildman–Crippen MR) is 88.7 cm³/mol. The van der Waals surface area contributed by atoms with Gasteiger partial charge in [-0.2, -0.15) is 5.10 Å². The van der Waals surface area contributed by atoms with Gasteiger partial charge in [0.1, 0.15) is 0 Å². The molecule has 21 heavy (non-hydrogen) atoms. The number of hydrogen-bond acceptors (Lipinski definition) is 3. The molecule has 1 rings (SSSR count). The van der Waals surface area contributed by atoms with Crippen molar-refractivity contribution in [3.05, 3.63) is 17.5 Å². The van der Waals surface area contributed by atoms with Gasteiger partial charge in [0.25, 0.3) is 0 Å². The van der Waals surface area contributed by atoms with Crippen LogP contribution in [0.2, 0.25) is 0 Å². The molecule has 0 spiro atoms. The second-order valence-corrected chi connectivity index (χ2v) is 6.02. The fourth-order valence-corrected chi connectivity index (χ4v) is 2.86. The van der Waals surface area contributed by atoms with Crippen molar-refractivity contribution in [1.29, 1.82) is 0 Å². The number of aromatic nitrogens is 2. The maximum absolute atomic E-state index is 6.02. The molecule has 0 aromatic carbocycles. The first kappa shape index (κ1) is 18.2. The highest BCUT2D eigenvalue weighted by Crippen LogP contribution is 2.17. The first-order chi connectivity index (χ1) is 10.0. The Morgan fingerprint density at radius 1 is 1.29 bits per heavy atom. The maximum Gasteiger partial charge on any atom is 0.0754 e. The summed E-state index contributed by atoms with van der Waals surface area (Å²) in [6.07, 6.45) is 2.35. The normalized spacial score (nSPS) is 14.6. The van der Waals surface area contributed by atoms with Gasteiger partial charge in [0.05, 0.1) is 11.8 Å². The van der Waals surface area contributed by atoms with E-state index in [9.17, 15) is 0 Å². The van der Waals surface area contributed by atoms with Crippen molar-refractivity contribution in [2.45, 2.75) is 73.1 Å². The van der Waals surface area contributed by atoms with E-state index in [1.54, 1.807) is 0 Å². The van der Waals surface area contributed by atoms with Gasteiger partial charge in [-0.15, -0.1) is 0 Å². The minimum Gasteiger partial charge on any atom is -0.377 e. The number of nitrogens with zero attached hydrogens (tertiary/aromatic N) is 2. The van der Waals surface area contributed by atoms with Gasteiger partial charge in [0, 0.05) is 31.3 Å². The van der Waals surface area contributed by atoms with Crippen LogP contribution in [-0.2, 0) is 17.7 Å². The molecule has 4 nitrogen and oxygen atoms in total. The standard InChI is InChI=1S/C17H33N3O/c1-7-10-18-16(17(13(4)5)21-9-3)12-15-11-14(6)19-20(15)8-2/h11,13,16-18H,7-10,12H2,1-6H3. The number of rotatable bonds is 10. The van der Waals surface area contributed by atoms with Crippen molar-refractivity contribution in [2.75, 3.05) is 13.2 Å². The highest BCUT2D eigenvalue weighted by atomic mass is 16.5. The van der Waals surface area contributed by atoms with Crippen LogP contribution < -0.4 is 5.32 Å². The summed E-state index contributed by atoms with van der Waals surface area (Å²) in [6, 6.07) is 2.54. The predicted octanol–water partition coefficient (Wildman–Crippen LogP) is 3.18. The number of ether oxygens (including phenoxy) is 1. The lowest BCUT2D eigenvalue weighted by molar-refractivity contribution is 0.00319. The SMILES string of the molecule is CCCNC(Cc1cc(C)nn1CC)C(OCC)C(C)C. The lowest BCUT2D eigenvalue weighted by Crippen LogP contribution is -2.46. The van der Waals surface area contributed by atoms with E-state index in [2.05, 4.69) is 62.7 Å². The van der Waals surface area contributed by atoms with Gasteiger partial charge in [-0.3, -0.25) is 4.68 Å². The van der Waals surface area contributed by atoms with Gasteiger partial charge in [-0.25, -0.2) is 0 Å². The van der Waals surface area contributed by atoms with E-state index < -0.39 is 0 Å². The monoisotopic (exact) mass is 295 g/mol. The first-order valence-corrected chi connectivity index (χ1v) is 8.41. The molecule has 1 aromatic rings. The Labute approximate surface area is 130 Å². The zero-order valence-corrected chi connectivity index (χ0v) is 14.6. The fourth-order valence-electron chi connectivity index (χ4n) is 2.86. The van der Waals surface area contributed by atoms with E-state index in [0.29, 0.717) is 12.0 Å². The molecule has 0 saturated heterocycles. The molecular weight excluding hydrogens is 262 g/mol. The summed E-state index contributed by atoms with van der Waals surface area (Å²) >= 11 is 0. The highest BCUT2D eigenvalue weighted by Gasteiger charge is 2.26. The molecule has 0 aliphatic carbocycles. The van der Waals surface area contributed by atoms with Crippen molar-refractivity contribution in [3.63, 3.8) is 0 Å². The molecule has 122 valence electrons. The summed E-state index contributed by atoms with van der Waals surface area (Å²) in [4.78, 5) is 0. The van der Waals surface area contributed by atoms with Crippen molar-refractivity contribution in [1.82, 2.24) is 15.1 Å². The summed E-state index contributed by atoms with van der Waals surface area (Å²) in [5.41, 5.74) is 2.40. The van der Waals surface area contributed by atoms with Crippen molar-refractivity contribution < 1.29 is 4.74 Å². The average molecular weight is 295 g/mol. The van der Waals surface area contributed by atoms with Crippen LogP contribution in [0.1, 0.15) is 52.4 Å². The van der Waals surface area contributed by atoms with E-state index >= 15 is 0 Å². The lowest BCUT2D eigenvalue weighted by atomic mass is 9.95. The van der Waals surface area contributed by atoms with Gasteiger partial charge in [0.2, 0.25) is 0 Å². The Morgan fingerprint density at radius 2 is 2.00 bits per heavy atom. The van der Waals surface area contributed by atoms with Gasteiger partial charge < -0.3 is 10.1 Å². The molecule has 0 fully saturated rings. The lowest BCUT2D eigenvalue weighted by Gasteiger charge is -2.31. The summed E-state index contributed by atoms with van der Waals surface area (Å²) in [6.45, 7) is 15.7. The zero-order chi connectivity index (χ0) is 15.8. The van der Waals surface area contributed by atoms with Gasteiger partial charge in [0.15, 0.2) is 0 Å². The summed E-state index contributed by atoms with van der Waals surface area (Å²) in [5.74, 6) is 0.499. The highest BCUT2D eigenvalue weighted by molar-refractivity contribution is 5.11. The topological polar surface area (TPSA) is 39.1 Å². The third-order valence-electron chi connectivity index (χ3n) is 3.78. The van der Waals surface area contributed by atoms with Gasteiger partial charge in [-0.1, -0.05) is 20.8 Å².